The second-order valence-electron chi connectivity index (χ2n) is 7.27. The first-order valence-electron chi connectivity index (χ1n) is 9.72. The summed E-state index contributed by atoms with van der Waals surface area (Å²) >= 11 is 1.94. The summed E-state index contributed by atoms with van der Waals surface area (Å²) in [5.41, 5.74) is 1.70. The van der Waals surface area contributed by atoms with Crippen LogP contribution < -0.4 is 5.63 Å². The van der Waals surface area contributed by atoms with Crippen LogP contribution in [0.3, 0.4) is 0 Å². The van der Waals surface area contributed by atoms with Crippen molar-refractivity contribution in [1.29, 1.82) is 0 Å². The van der Waals surface area contributed by atoms with E-state index in [0.717, 1.165) is 36.7 Å². The van der Waals surface area contributed by atoms with E-state index in [-0.39, 0.29) is 11.9 Å². The zero-order chi connectivity index (χ0) is 19.3. The lowest BCUT2D eigenvalue weighted by Crippen LogP contribution is -2.39. The number of ether oxygens (including phenoxy) is 1. The Morgan fingerprint density at radius 2 is 1.86 bits per heavy atom. The molecular formula is C21H26N2O4S. The maximum Gasteiger partial charge on any atom is 0.343 e. The van der Waals surface area contributed by atoms with E-state index in [2.05, 4.69) is 21.9 Å². The van der Waals surface area contributed by atoms with Crippen molar-refractivity contribution in [3.8, 4) is 5.75 Å². The quantitative estimate of drug-likeness (QED) is 0.824. The average molecular weight is 403 g/mol. The van der Waals surface area contributed by atoms with Gasteiger partial charge in [0.25, 0.3) is 0 Å². The maximum absolute atomic E-state index is 12.3. The summed E-state index contributed by atoms with van der Waals surface area (Å²) in [5, 5.41) is 10.8. The van der Waals surface area contributed by atoms with E-state index in [1.807, 2.05) is 30.0 Å². The first-order chi connectivity index (χ1) is 13.7. The van der Waals surface area contributed by atoms with Gasteiger partial charge in [0, 0.05) is 56.3 Å². The largest absolute Gasteiger partial charge is 0.507 e. The number of nitrogens with zero attached hydrogens (tertiary/aromatic N) is 2. The van der Waals surface area contributed by atoms with Crippen molar-refractivity contribution in [3.63, 3.8) is 0 Å². The van der Waals surface area contributed by atoms with Gasteiger partial charge in [-0.05, 0) is 5.56 Å². The minimum absolute atomic E-state index is 0.0295. The summed E-state index contributed by atoms with van der Waals surface area (Å²) in [4.78, 5) is 16.7. The summed E-state index contributed by atoms with van der Waals surface area (Å²) in [6, 6.07) is 10.1. The number of morpholine rings is 1. The van der Waals surface area contributed by atoms with Crippen LogP contribution in [0.4, 0.5) is 0 Å². The van der Waals surface area contributed by atoms with Gasteiger partial charge in [-0.15, -0.1) is 0 Å². The molecule has 3 heterocycles. The third-order valence-electron chi connectivity index (χ3n) is 5.35. The SMILES string of the molecule is O=c1occ(CN2CCSCC2)c(O)c1CN1CCO[C@@H](c2ccccc2)C1. The van der Waals surface area contributed by atoms with E-state index in [1.54, 1.807) is 0 Å². The number of thioether (sulfide) groups is 1. The molecule has 1 N–H and O–H groups in total. The van der Waals surface area contributed by atoms with Crippen LogP contribution in [0.25, 0.3) is 0 Å². The van der Waals surface area contributed by atoms with Crippen LogP contribution in [0.2, 0.25) is 0 Å². The highest BCUT2D eigenvalue weighted by Crippen LogP contribution is 2.27. The Balaban J connectivity index is 1.47. The lowest BCUT2D eigenvalue weighted by Gasteiger charge is -2.33. The highest BCUT2D eigenvalue weighted by Gasteiger charge is 2.25. The maximum atomic E-state index is 12.3. The molecule has 2 aromatic rings. The number of aromatic hydroxyl groups is 1. The monoisotopic (exact) mass is 402 g/mol. The number of hydrogen-bond donors (Lipinski definition) is 1. The molecular weight excluding hydrogens is 376 g/mol. The van der Waals surface area contributed by atoms with E-state index < -0.39 is 5.63 Å². The van der Waals surface area contributed by atoms with Gasteiger partial charge in [0.1, 0.15) is 12.0 Å². The molecule has 2 saturated heterocycles. The molecule has 2 fully saturated rings. The van der Waals surface area contributed by atoms with Crippen molar-refractivity contribution in [1.82, 2.24) is 9.80 Å². The van der Waals surface area contributed by atoms with E-state index in [1.165, 1.54) is 6.26 Å². The first kappa shape index (κ1) is 19.5. The second-order valence-corrected chi connectivity index (χ2v) is 8.49. The molecule has 0 amide bonds. The molecule has 1 aromatic heterocycles. The van der Waals surface area contributed by atoms with Gasteiger partial charge in [-0.3, -0.25) is 9.80 Å². The van der Waals surface area contributed by atoms with E-state index in [4.69, 9.17) is 9.15 Å². The highest BCUT2D eigenvalue weighted by atomic mass is 32.2. The lowest BCUT2D eigenvalue weighted by atomic mass is 10.1. The van der Waals surface area contributed by atoms with Crippen molar-refractivity contribution in [3.05, 3.63) is 63.7 Å². The predicted molar refractivity (Wildman–Crippen MR) is 110 cm³/mol. The molecule has 2 aliphatic rings. The molecule has 0 aliphatic carbocycles. The Hall–Kier alpha value is -1.80. The van der Waals surface area contributed by atoms with Gasteiger partial charge in [-0.25, -0.2) is 4.79 Å². The molecule has 0 unspecified atom stereocenters. The topological polar surface area (TPSA) is 66.2 Å². The third kappa shape index (κ3) is 4.60. The zero-order valence-electron chi connectivity index (χ0n) is 15.9. The number of rotatable bonds is 5. The molecule has 150 valence electrons. The second kappa shape index (κ2) is 9.13. The average Bonchev–Trinajstić information content (AvgIpc) is 2.75. The molecule has 1 atom stereocenters. The Morgan fingerprint density at radius 3 is 2.64 bits per heavy atom. The molecule has 28 heavy (non-hydrogen) atoms. The van der Waals surface area contributed by atoms with E-state index >= 15 is 0 Å². The number of hydrogen-bond acceptors (Lipinski definition) is 7. The van der Waals surface area contributed by atoms with Gasteiger partial charge >= 0.3 is 5.63 Å². The summed E-state index contributed by atoms with van der Waals surface area (Å²) in [6.45, 7) is 4.94. The van der Waals surface area contributed by atoms with Gasteiger partial charge in [0.2, 0.25) is 0 Å². The molecule has 6 nitrogen and oxygen atoms in total. The van der Waals surface area contributed by atoms with Crippen LogP contribution in [-0.2, 0) is 17.8 Å². The Morgan fingerprint density at radius 1 is 1.07 bits per heavy atom. The molecule has 2 aliphatic heterocycles. The summed E-state index contributed by atoms with van der Waals surface area (Å²) in [5.74, 6) is 2.27. The van der Waals surface area contributed by atoms with Crippen molar-refractivity contribution >= 4 is 11.8 Å². The molecule has 0 spiro atoms. The molecule has 4 rings (SSSR count). The van der Waals surface area contributed by atoms with Crippen LogP contribution in [0, 0.1) is 0 Å². The van der Waals surface area contributed by atoms with Crippen LogP contribution in [0.5, 0.6) is 5.75 Å². The van der Waals surface area contributed by atoms with Gasteiger partial charge in [0.05, 0.1) is 18.3 Å². The van der Waals surface area contributed by atoms with Crippen molar-refractivity contribution < 1.29 is 14.3 Å². The Labute approximate surface area is 169 Å². The normalized spacial score (nSPS) is 21.6. The molecule has 7 heteroatoms. The van der Waals surface area contributed by atoms with E-state index in [0.29, 0.717) is 37.4 Å². The highest BCUT2D eigenvalue weighted by molar-refractivity contribution is 7.99. The fraction of sp³-hybridized carbons (Fsp3) is 0.476. The molecule has 0 bridgehead atoms. The van der Waals surface area contributed by atoms with E-state index in [9.17, 15) is 9.90 Å². The van der Waals surface area contributed by atoms with Gasteiger partial charge < -0.3 is 14.3 Å². The van der Waals surface area contributed by atoms with Gasteiger partial charge in [0.15, 0.2) is 0 Å². The molecule has 0 saturated carbocycles. The standard InChI is InChI=1S/C21H26N2O4S/c24-20-17(12-22-7-10-28-11-8-22)15-27-21(25)18(20)13-23-6-9-26-19(14-23)16-4-2-1-3-5-16/h1-5,15,19,24H,6-14H2/t19-/m1/s1. The smallest absolute Gasteiger partial charge is 0.343 e. The van der Waals surface area contributed by atoms with Crippen LogP contribution in [-0.4, -0.2) is 59.2 Å². The summed E-state index contributed by atoms with van der Waals surface area (Å²) in [6.07, 6.45) is 1.38. The van der Waals surface area contributed by atoms with Gasteiger partial charge in [-0.1, -0.05) is 30.3 Å². The molecule has 1 aromatic carbocycles. The Bertz CT molecular complexity index is 836. The summed E-state index contributed by atoms with van der Waals surface area (Å²) < 4.78 is 11.2. The van der Waals surface area contributed by atoms with Crippen molar-refractivity contribution in [2.75, 3.05) is 44.3 Å². The van der Waals surface area contributed by atoms with Crippen LogP contribution in [0.15, 0.2) is 45.8 Å². The summed E-state index contributed by atoms with van der Waals surface area (Å²) in [7, 11) is 0. The Kier molecular flexibility index (Phi) is 6.36. The predicted octanol–water partition coefficient (Wildman–Crippen LogP) is 2.47. The molecule has 0 radical (unpaired) electrons. The lowest BCUT2D eigenvalue weighted by molar-refractivity contribution is -0.0334. The number of benzene rings is 1. The minimum Gasteiger partial charge on any atom is -0.507 e. The van der Waals surface area contributed by atoms with Gasteiger partial charge in [-0.2, -0.15) is 11.8 Å². The zero-order valence-corrected chi connectivity index (χ0v) is 16.7. The van der Waals surface area contributed by atoms with Crippen LogP contribution in [0.1, 0.15) is 22.8 Å². The third-order valence-corrected chi connectivity index (χ3v) is 6.29. The van der Waals surface area contributed by atoms with Crippen molar-refractivity contribution in [2.45, 2.75) is 19.2 Å². The fourth-order valence-corrected chi connectivity index (χ4v) is 4.71. The first-order valence-corrected chi connectivity index (χ1v) is 10.9. The van der Waals surface area contributed by atoms with Crippen molar-refractivity contribution in [2.24, 2.45) is 0 Å². The fourth-order valence-electron chi connectivity index (χ4n) is 3.73. The minimum atomic E-state index is -0.460. The van der Waals surface area contributed by atoms with Crippen LogP contribution >= 0.6 is 11.8 Å².